The number of hydrogen-bond donors (Lipinski definition) is 2. The van der Waals surface area contributed by atoms with Gasteiger partial charge >= 0.3 is 0 Å². The minimum absolute atomic E-state index is 0. The summed E-state index contributed by atoms with van der Waals surface area (Å²) in [6.07, 6.45) is 0. The molecule has 5 nitrogen and oxygen atoms in total. The number of carbonyl (C=O) groups excluding carboxylic acids is 1. The van der Waals surface area contributed by atoms with Crippen LogP contribution < -0.4 is 11.1 Å². The molecule has 1 amide bonds. The average molecular weight is 411 g/mol. The van der Waals surface area contributed by atoms with Crippen LogP contribution in [0, 0.1) is 0 Å². The van der Waals surface area contributed by atoms with Crippen molar-refractivity contribution in [2.24, 2.45) is 5.73 Å². The Bertz CT molecular complexity index is 848. The lowest BCUT2D eigenvalue weighted by molar-refractivity contribution is 0.0951. The second kappa shape index (κ2) is 9.88. The maximum absolute atomic E-state index is 12.2. The van der Waals surface area contributed by atoms with Crippen LogP contribution in [-0.4, -0.2) is 26.6 Å². The first-order valence-electron chi connectivity index (χ1n) is 8.71. The van der Waals surface area contributed by atoms with E-state index in [1.807, 2.05) is 12.1 Å². The Morgan fingerprint density at radius 1 is 1.00 bits per heavy atom. The van der Waals surface area contributed by atoms with Crippen molar-refractivity contribution in [3.63, 3.8) is 0 Å². The molecule has 27 heavy (non-hydrogen) atoms. The zero-order valence-corrected chi connectivity index (χ0v) is 17.4. The maximum atomic E-state index is 12.2. The number of carbonyl (C=O) groups is 1. The molecule has 7 heteroatoms. The topological polar surface area (TPSA) is 89.3 Å². The molecule has 0 spiro atoms. The van der Waals surface area contributed by atoms with Crippen molar-refractivity contribution in [1.29, 1.82) is 0 Å². The summed E-state index contributed by atoms with van der Waals surface area (Å²) in [6, 6.07) is 13.7. The highest BCUT2D eigenvalue weighted by Crippen LogP contribution is 2.17. The molecule has 2 aromatic rings. The van der Waals surface area contributed by atoms with Gasteiger partial charge in [-0.15, -0.1) is 12.4 Å². The molecule has 0 fully saturated rings. The molecule has 1 unspecified atom stereocenters. The number of nitrogens with one attached hydrogen (secondary N) is 1. The molecule has 2 aromatic carbocycles. The second-order valence-electron chi connectivity index (χ2n) is 6.57. The van der Waals surface area contributed by atoms with E-state index in [0.717, 1.165) is 5.56 Å². The van der Waals surface area contributed by atoms with Gasteiger partial charge in [-0.05, 0) is 41.3 Å². The van der Waals surface area contributed by atoms with Crippen molar-refractivity contribution in [1.82, 2.24) is 5.32 Å². The van der Waals surface area contributed by atoms with Gasteiger partial charge in [-0.2, -0.15) is 0 Å². The minimum Gasteiger partial charge on any atom is -0.350 e. The number of nitrogens with two attached hydrogens (primary N) is 1. The van der Waals surface area contributed by atoms with Crippen molar-refractivity contribution in [2.45, 2.75) is 37.6 Å². The van der Waals surface area contributed by atoms with E-state index in [-0.39, 0.29) is 35.0 Å². The van der Waals surface area contributed by atoms with Crippen LogP contribution >= 0.6 is 12.4 Å². The van der Waals surface area contributed by atoms with E-state index >= 15 is 0 Å². The predicted octanol–water partition coefficient (Wildman–Crippen LogP) is 3.46. The number of rotatable bonds is 7. The fourth-order valence-corrected chi connectivity index (χ4v) is 3.42. The Labute approximate surface area is 167 Å². The first kappa shape index (κ1) is 23.1. The van der Waals surface area contributed by atoms with Crippen molar-refractivity contribution in [3.8, 4) is 0 Å². The van der Waals surface area contributed by atoms with Crippen molar-refractivity contribution in [3.05, 3.63) is 65.2 Å². The van der Waals surface area contributed by atoms with E-state index in [1.54, 1.807) is 6.92 Å². The molecule has 3 N–H and O–H groups in total. The molecule has 0 bridgehead atoms. The summed E-state index contributed by atoms with van der Waals surface area (Å²) < 4.78 is 23.6. The van der Waals surface area contributed by atoms with Gasteiger partial charge in [0.2, 0.25) is 0 Å². The highest BCUT2D eigenvalue weighted by atomic mass is 35.5. The Morgan fingerprint density at radius 2 is 1.52 bits per heavy atom. The van der Waals surface area contributed by atoms with Crippen LogP contribution in [0.1, 0.15) is 54.2 Å². The Kier molecular flexibility index (Phi) is 8.47. The first-order chi connectivity index (χ1) is 12.2. The van der Waals surface area contributed by atoms with Crippen LogP contribution in [0.4, 0.5) is 0 Å². The largest absolute Gasteiger partial charge is 0.350 e. The van der Waals surface area contributed by atoms with E-state index in [1.165, 1.54) is 29.8 Å². The van der Waals surface area contributed by atoms with Crippen molar-refractivity contribution < 1.29 is 13.2 Å². The number of benzene rings is 2. The normalized spacial score (nSPS) is 12.3. The van der Waals surface area contributed by atoms with Crippen LogP contribution in [0.25, 0.3) is 0 Å². The fraction of sp³-hybridized carbons (Fsp3) is 0.350. The summed E-state index contributed by atoms with van der Waals surface area (Å²) in [6.45, 7) is 6.15. The Balaban J connectivity index is 0.00000364. The molecule has 1 atom stereocenters. The third-order valence-corrected chi connectivity index (χ3v) is 6.12. The fourth-order valence-electron chi connectivity index (χ4n) is 2.53. The molecule has 2 rings (SSSR count). The smallest absolute Gasteiger partial charge is 0.251 e. The van der Waals surface area contributed by atoms with E-state index < -0.39 is 9.84 Å². The molecule has 0 aliphatic heterocycles. The minimum atomic E-state index is -3.26. The predicted molar refractivity (Wildman–Crippen MR) is 111 cm³/mol. The van der Waals surface area contributed by atoms with Crippen LogP contribution in [0.3, 0.4) is 0 Å². The molecule has 0 saturated carbocycles. The Morgan fingerprint density at radius 3 is 2.00 bits per heavy atom. The third-order valence-electron chi connectivity index (χ3n) is 4.37. The summed E-state index contributed by atoms with van der Waals surface area (Å²) in [4.78, 5) is 12.5. The summed E-state index contributed by atoms with van der Waals surface area (Å²) in [5.41, 5.74) is 8.76. The zero-order valence-electron chi connectivity index (χ0n) is 15.8. The van der Waals surface area contributed by atoms with E-state index in [0.29, 0.717) is 18.0 Å². The SMILES string of the molecule is CCS(=O)(=O)c1ccc(C(=O)NCC(N)c2ccc(C(C)C)cc2)cc1.Cl. The van der Waals surface area contributed by atoms with Gasteiger partial charge in [-0.3, -0.25) is 4.79 Å². The standard InChI is InChI=1S/C20H26N2O3S.ClH/c1-4-26(24,25)18-11-9-17(10-12-18)20(23)22-13-19(21)16-7-5-15(6-8-16)14(2)3;/h5-12,14,19H,4,13,21H2,1-3H3,(H,22,23);1H. The van der Waals surface area contributed by atoms with E-state index in [4.69, 9.17) is 5.73 Å². The lowest BCUT2D eigenvalue weighted by Crippen LogP contribution is -2.31. The number of hydrogen-bond acceptors (Lipinski definition) is 4. The van der Waals surface area contributed by atoms with Gasteiger partial charge in [0.1, 0.15) is 0 Å². The van der Waals surface area contributed by atoms with Gasteiger partial charge in [0, 0.05) is 18.2 Å². The number of sulfone groups is 1. The van der Waals surface area contributed by atoms with E-state index in [2.05, 4.69) is 31.3 Å². The lowest BCUT2D eigenvalue weighted by atomic mass is 9.99. The van der Waals surface area contributed by atoms with Crippen LogP contribution in [0.5, 0.6) is 0 Å². The highest BCUT2D eigenvalue weighted by Gasteiger charge is 2.14. The lowest BCUT2D eigenvalue weighted by Gasteiger charge is -2.15. The Hall–Kier alpha value is -1.89. The monoisotopic (exact) mass is 410 g/mol. The van der Waals surface area contributed by atoms with Crippen LogP contribution in [0.2, 0.25) is 0 Å². The molecule has 0 aliphatic rings. The van der Waals surface area contributed by atoms with Gasteiger partial charge in [-0.25, -0.2) is 8.42 Å². The highest BCUT2D eigenvalue weighted by molar-refractivity contribution is 7.91. The average Bonchev–Trinajstić information content (AvgIpc) is 2.66. The quantitative estimate of drug-likeness (QED) is 0.731. The third kappa shape index (κ3) is 6.06. The summed E-state index contributed by atoms with van der Waals surface area (Å²) in [7, 11) is -3.26. The van der Waals surface area contributed by atoms with E-state index in [9.17, 15) is 13.2 Å². The molecule has 148 valence electrons. The molecule has 0 aliphatic carbocycles. The number of halogens is 1. The van der Waals surface area contributed by atoms with Gasteiger partial charge in [-0.1, -0.05) is 45.0 Å². The zero-order chi connectivity index (χ0) is 19.3. The maximum Gasteiger partial charge on any atom is 0.251 e. The summed E-state index contributed by atoms with van der Waals surface area (Å²) in [5, 5.41) is 2.79. The molecular formula is C20H27ClN2O3S. The van der Waals surface area contributed by atoms with Crippen LogP contribution in [0.15, 0.2) is 53.4 Å². The molecule has 0 radical (unpaired) electrons. The molecular weight excluding hydrogens is 384 g/mol. The van der Waals surface area contributed by atoms with Crippen molar-refractivity contribution in [2.75, 3.05) is 12.3 Å². The van der Waals surface area contributed by atoms with Gasteiger partial charge < -0.3 is 11.1 Å². The summed E-state index contributed by atoms with van der Waals surface area (Å²) >= 11 is 0. The second-order valence-corrected chi connectivity index (χ2v) is 8.84. The molecule has 0 aromatic heterocycles. The first-order valence-corrected chi connectivity index (χ1v) is 10.4. The van der Waals surface area contributed by atoms with Gasteiger partial charge in [0.05, 0.1) is 10.6 Å². The molecule has 0 saturated heterocycles. The molecule has 0 heterocycles. The summed E-state index contributed by atoms with van der Waals surface area (Å²) in [5.74, 6) is 0.211. The number of amides is 1. The van der Waals surface area contributed by atoms with Gasteiger partial charge in [0.25, 0.3) is 5.91 Å². The van der Waals surface area contributed by atoms with Crippen molar-refractivity contribution >= 4 is 28.2 Å². The van der Waals surface area contributed by atoms with Gasteiger partial charge in [0.15, 0.2) is 9.84 Å². The van der Waals surface area contributed by atoms with Crippen LogP contribution in [-0.2, 0) is 9.84 Å².